The fourth-order valence-corrected chi connectivity index (χ4v) is 10.8. The van der Waals surface area contributed by atoms with Gasteiger partial charge in [-0.05, 0) is 129 Å². The van der Waals surface area contributed by atoms with Crippen LogP contribution in [0.15, 0.2) is 115 Å². The molecule has 5 aliphatic rings. The molecule has 0 spiro atoms. The Hall–Kier alpha value is -5.42. The second kappa shape index (κ2) is 11.6. The van der Waals surface area contributed by atoms with Crippen LogP contribution < -0.4 is 35.7 Å². The molecule has 5 heteroatoms. The number of benzene rings is 6. The van der Waals surface area contributed by atoms with Crippen molar-refractivity contribution in [1.82, 2.24) is 0 Å². The minimum atomic E-state index is -0.0108. The van der Waals surface area contributed by atoms with Gasteiger partial charge in [0.2, 0.25) is 0 Å². The van der Waals surface area contributed by atoms with E-state index in [2.05, 4.69) is 180 Å². The zero-order valence-electron chi connectivity index (χ0n) is 34.6. The fourth-order valence-electron chi connectivity index (χ4n) is 10.8. The molecule has 0 saturated carbocycles. The Kier molecular flexibility index (Phi) is 7.08. The number of ether oxygens (including phenoxy) is 2. The Balaban J connectivity index is 1.16. The van der Waals surface area contributed by atoms with Gasteiger partial charge in [-0.25, -0.2) is 0 Å². The molecule has 6 aromatic rings. The fraction of sp³-hybridized carbons (Fsp3) is 0.308. The van der Waals surface area contributed by atoms with Crippen LogP contribution in [0.1, 0.15) is 103 Å². The third-order valence-corrected chi connectivity index (χ3v) is 14.4. The molecular formula is C52H51BN2O2. The molecular weight excluding hydrogens is 695 g/mol. The van der Waals surface area contributed by atoms with Crippen molar-refractivity contribution in [1.29, 1.82) is 0 Å². The lowest BCUT2D eigenvalue weighted by Gasteiger charge is -2.45. The minimum Gasteiger partial charge on any atom is -0.458 e. The summed E-state index contributed by atoms with van der Waals surface area (Å²) >= 11 is 0. The first kappa shape index (κ1) is 34.8. The van der Waals surface area contributed by atoms with Crippen LogP contribution in [0.3, 0.4) is 0 Å². The first-order chi connectivity index (χ1) is 27.2. The highest BCUT2D eigenvalue weighted by atomic mass is 16.5. The molecule has 0 N–H and O–H groups in total. The summed E-state index contributed by atoms with van der Waals surface area (Å²) in [6.07, 6.45) is 4.64. The van der Waals surface area contributed by atoms with E-state index in [1.807, 2.05) is 0 Å². The average molecular weight is 747 g/mol. The summed E-state index contributed by atoms with van der Waals surface area (Å²) in [4.78, 5) is 4.77. The van der Waals surface area contributed by atoms with Crippen molar-refractivity contribution in [3.05, 3.63) is 138 Å². The SMILES string of the molecule is CC1(C)CCC(C)(C)c2cc3c(cc21)Oc1cc(N2c4ccccc4N(c4ccccc4)c4ccccc42)cc2c1B3c1cc3c(cc1O2)C(C)(C)CCC3(C)C. The molecule has 6 aromatic carbocycles. The second-order valence-corrected chi connectivity index (χ2v) is 19.9. The summed E-state index contributed by atoms with van der Waals surface area (Å²) in [5.41, 5.74) is 16.3. The molecule has 0 unspecified atom stereocenters. The van der Waals surface area contributed by atoms with E-state index in [0.717, 1.165) is 75.4 Å². The van der Waals surface area contributed by atoms with Gasteiger partial charge in [0, 0.05) is 23.3 Å². The Bertz CT molecular complexity index is 2520. The molecule has 0 fully saturated rings. The van der Waals surface area contributed by atoms with E-state index in [9.17, 15) is 0 Å². The first-order valence-corrected chi connectivity index (χ1v) is 21.0. The van der Waals surface area contributed by atoms with E-state index in [1.165, 1.54) is 46.0 Å². The number of rotatable bonds is 2. The van der Waals surface area contributed by atoms with Crippen LogP contribution in [0.5, 0.6) is 23.0 Å². The van der Waals surface area contributed by atoms with Gasteiger partial charge in [-0.2, -0.15) is 0 Å². The van der Waals surface area contributed by atoms with Crippen LogP contribution in [0, 0.1) is 0 Å². The van der Waals surface area contributed by atoms with Crippen molar-refractivity contribution in [3.63, 3.8) is 0 Å². The highest BCUT2D eigenvalue weighted by Gasteiger charge is 2.47. The lowest BCUT2D eigenvalue weighted by molar-refractivity contribution is 0.330. The standard InChI is InChI=1S/C52H51BN2O2/c1-49(2)22-24-51(5,6)36-30-44-38(28-34(36)49)53-39-29-35-37(52(7,8)25-23-50(35,3)4)31-45(39)57-47-27-33(26-46(56-44)48(47)53)55-42-20-14-12-18-40(42)54(32-16-10-9-11-17-32)41-19-13-15-21-43(41)55/h9-21,26-31H,22-25H2,1-8H3. The summed E-state index contributed by atoms with van der Waals surface area (Å²) in [6.45, 7) is 19.3. The van der Waals surface area contributed by atoms with Crippen molar-refractivity contribution in [2.45, 2.75) is 103 Å². The maximum absolute atomic E-state index is 7.23. The smallest absolute Gasteiger partial charge is 0.260 e. The normalized spacial score (nSPS) is 19.3. The zero-order valence-corrected chi connectivity index (χ0v) is 34.6. The van der Waals surface area contributed by atoms with Crippen LogP contribution >= 0.6 is 0 Å². The summed E-state index contributed by atoms with van der Waals surface area (Å²) in [5.74, 6) is 3.69. The Morgan fingerprint density at radius 1 is 0.404 bits per heavy atom. The number of hydrogen-bond donors (Lipinski definition) is 0. The van der Waals surface area contributed by atoms with Crippen molar-refractivity contribution < 1.29 is 9.47 Å². The number of hydrogen-bond acceptors (Lipinski definition) is 4. The molecule has 0 saturated heterocycles. The summed E-state index contributed by atoms with van der Waals surface area (Å²) in [7, 11) is 0. The van der Waals surface area contributed by atoms with E-state index in [0.29, 0.717) is 0 Å². The molecule has 284 valence electrons. The molecule has 4 nitrogen and oxygen atoms in total. The zero-order chi connectivity index (χ0) is 39.2. The van der Waals surface area contributed by atoms with Gasteiger partial charge in [-0.15, -0.1) is 0 Å². The summed E-state index contributed by atoms with van der Waals surface area (Å²) in [5, 5.41) is 0. The molecule has 2 aliphatic carbocycles. The predicted molar refractivity (Wildman–Crippen MR) is 238 cm³/mol. The van der Waals surface area contributed by atoms with E-state index >= 15 is 0 Å². The van der Waals surface area contributed by atoms with E-state index in [1.54, 1.807) is 0 Å². The maximum atomic E-state index is 7.23. The van der Waals surface area contributed by atoms with Crippen LogP contribution in [-0.4, -0.2) is 6.71 Å². The summed E-state index contributed by atoms with van der Waals surface area (Å²) in [6, 6.07) is 42.5. The highest BCUT2D eigenvalue weighted by Crippen LogP contribution is 2.56. The molecule has 57 heavy (non-hydrogen) atoms. The third-order valence-electron chi connectivity index (χ3n) is 14.4. The molecule has 0 atom stereocenters. The summed E-state index contributed by atoms with van der Waals surface area (Å²) < 4.78 is 14.5. The Morgan fingerprint density at radius 3 is 1.16 bits per heavy atom. The first-order valence-electron chi connectivity index (χ1n) is 21.0. The quantitative estimate of drug-likeness (QED) is 0.165. The molecule has 0 amide bonds. The predicted octanol–water partition coefficient (Wildman–Crippen LogP) is 12.4. The lowest BCUT2D eigenvalue weighted by atomic mass is 9.34. The van der Waals surface area contributed by atoms with E-state index in [4.69, 9.17) is 9.47 Å². The number of fused-ring (bicyclic) bond motifs is 8. The monoisotopic (exact) mass is 746 g/mol. The van der Waals surface area contributed by atoms with Gasteiger partial charge in [0.1, 0.15) is 23.0 Å². The van der Waals surface area contributed by atoms with E-state index < -0.39 is 0 Å². The molecule has 0 bridgehead atoms. The van der Waals surface area contributed by atoms with Crippen molar-refractivity contribution in [2.24, 2.45) is 0 Å². The van der Waals surface area contributed by atoms with Gasteiger partial charge >= 0.3 is 0 Å². The maximum Gasteiger partial charge on any atom is 0.260 e. The Labute approximate surface area is 338 Å². The topological polar surface area (TPSA) is 24.9 Å². The number of anilines is 6. The Morgan fingerprint density at radius 2 is 0.754 bits per heavy atom. The molecule has 3 aliphatic heterocycles. The van der Waals surface area contributed by atoms with Gasteiger partial charge in [0.05, 0.1) is 28.4 Å². The van der Waals surface area contributed by atoms with Gasteiger partial charge in [-0.1, -0.05) is 110 Å². The van der Waals surface area contributed by atoms with Crippen LogP contribution in [0.2, 0.25) is 0 Å². The largest absolute Gasteiger partial charge is 0.458 e. The van der Waals surface area contributed by atoms with E-state index in [-0.39, 0.29) is 28.4 Å². The van der Waals surface area contributed by atoms with Crippen LogP contribution in [0.25, 0.3) is 0 Å². The second-order valence-electron chi connectivity index (χ2n) is 19.9. The van der Waals surface area contributed by atoms with Gasteiger partial charge < -0.3 is 19.3 Å². The van der Waals surface area contributed by atoms with Gasteiger partial charge in [0.25, 0.3) is 6.71 Å². The van der Waals surface area contributed by atoms with Crippen molar-refractivity contribution in [3.8, 4) is 23.0 Å². The van der Waals surface area contributed by atoms with Crippen molar-refractivity contribution in [2.75, 3.05) is 9.80 Å². The van der Waals surface area contributed by atoms with Crippen molar-refractivity contribution >= 4 is 57.2 Å². The third kappa shape index (κ3) is 5.00. The molecule has 0 aromatic heterocycles. The average Bonchev–Trinajstić information content (AvgIpc) is 3.19. The number of nitrogens with zero attached hydrogens (tertiary/aromatic N) is 2. The van der Waals surface area contributed by atoms with Crippen LogP contribution in [-0.2, 0) is 21.7 Å². The molecule has 0 radical (unpaired) electrons. The minimum absolute atomic E-state index is 0.0108. The lowest BCUT2D eigenvalue weighted by Crippen LogP contribution is -2.58. The van der Waals surface area contributed by atoms with Gasteiger partial charge in [-0.3, -0.25) is 0 Å². The van der Waals surface area contributed by atoms with Crippen LogP contribution in [0.4, 0.5) is 34.1 Å². The number of para-hydroxylation sites is 5. The molecule has 3 heterocycles. The highest BCUT2D eigenvalue weighted by molar-refractivity contribution is 6.98. The molecule has 11 rings (SSSR count). The van der Waals surface area contributed by atoms with Gasteiger partial charge in [0.15, 0.2) is 0 Å².